The van der Waals surface area contributed by atoms with Gasteiger partial charge in [-0.05, 0) is 30.3 Å². The molecule has 0 saturated carbocycles. The van der Waals surface area contributed by atoms with Crippen molar-refractivity contribution in [2.45, 2.75) is 18.5 Å². The van der Waals surface area contributed by atoms with Gasteiger partial charge in [0.05, 0.1) is 5.02 Å². The third-order valence-corrected chi connectivity index (χ3v) is 3.63. The quantitative estimate of drug-likeness (QED) is 0.814. The SMILES string of the molecule is Fc1ccc([C@@H]2C=NC3NC=C[C@@H]3C2)cc1Cl. The van der Waals surface area contributed by atoms with Crippen molar-refractivity contribution in [2.75, 3.05) is 0 Å². The summed E-state index contributed by atoms with van der Waals surface area (Å²) in [7, 11) is 0. The van der Waals surface area contributed by atoms with E-state index in [-0.39, 0.29) is 22.9 Å². The first-order valence-corrected chi connectivity index (χ1v) is 6.03. The number of rotatable bonds is 1. The van der Waals surface area contributed by atoms with Crippen molar-refractivity contribution in [3.05, 3.63) is 46.9 Å². The van der Waals surface area contributed by atoms with E-state index in [4.69, 9.17) is 11.6 Å². The van der Waals surface area contributed by atoms with Crippen LogP contribution in [0, 0.1) is 11.7 Å². The highest BCUT2D eigenvalue weighted by Gasteiger charge is 2.28. The monoisotopic (exact) mass is 250 g/mol. The largest absolute Gasteiger partial charge is 0.370 e. The maximum absolute atomic E-state index is 13.1. The summed E-state index contributed by atoms with van der Waals surface area (Å²) in [4.78, 5) is 4.47. The number of halogens is 2. The minimum atomic E-state index is -0.372. The van der Waals surface area contributed by atoms with Gasteiger partial charge in [-0.25, -0.2) is 4.39 Å². The zero-order valence-corrected chi connectivity index (χ0v) is 9.86. The fraction of sp³-hybridized carbons (Fsp3) is 0.308. The molecule has 2 aliphatic rings. The smallest absolute Gasteiger partial charge is 0.141 e. The normalized spacial score (nSPS) is 30.1. The standard InChI is InChI=1S/C13H12ClFN2/c14-11-6-8(1-2-12(11)15)10-5-9-3-4-16-13(9)17-7-10/h1-4,6-7,9-10,13,16H,5H2/t9-,10+,13?/m1/s1. The van der Waals surface area contributed by atoms with Crippen LogP contribution in [0.15, 0.2) is 35.5 Å². The van der Waals surface area contributed by atoms with Crippen LogP contribution in [0.2, 0.25) is 5.02 Å². The van der Waals surface area contributed by atoms with Crippen molar-refractivity contribution in [1.82, 2.24) is 5.32 Å². The van der Waals surface area contributed by atoms with Gasteiger partial charge in [-0.1, -0.05) is 23.7 Å². The van der Waals surface area contributed by atoms with Crippen LogP contribution in [0.1, 0.15) is 17.9 Å². The molecule has 0 fully saturated rings. The third-order valence-electron chi connectivity index (χ3n) is 3.34. The Morgan fingerprint density at radius 1 is 1.41 bits per heavy atom. The zero-order valence-electron chi connectivity index (χ0n) is 9.11. The van der Waals surface area contributed by atoms with Crippen LogP contribution in [0.25, 0.3) is 0 Å². The average molecular weight is 251 g/mol. The first-order valence-electron chi connectivity index (χ1n) is 5.65. The molecule has 2 aliphatic heterocycles. The summed E-state index contributed by atoms with van der Waals surface area (Å²) in [6, 6.07) is 4.89. The van der Waals surface area contributed by atoms with Crippen LogP contribution >= 0.6 is 11.6 Å². The van der Waals surface area contributed by atoms with Gasteiger partial charge in [0.25, 0.3) is 0 Å². The van der Waals surface area contributed by atoms with E-state index in [0.717, 1.165) is 12.0 Å². The number of hydrogen-bond donors (Lipinski definition) is 1. The Balaban J connectivity index is 1.87. The fourth-order valence-electron chi connectivity index (χ4n) is 2.38. The predicted octanol–water partition coefficient (Wildman–Crippen LogP) is 3.10. The van der Waals surface area contributed by atoms with Gasteiger partial charge in [-0.3, -0.25) is 4.99 Å². The van der Waals surface area contributed by atoms with Gasteiger partial charge in [0, 0.05) is 18.1 Å². The number of nitrogens with zero attached hydrogens (tertiary/aromatic N) is 1. The molecular formula is C13H12ClFN2. The van der Waals surface area contributed by atoms with E-state index in [1.165, 1.54) is 6.07 Å². The van der Waals surface area contributed by atoms with Crippen LogP contribution in [0.4, 0.5) is 4.39 Å². The molecule has 0 aliphatic carbocycles. The number of aliphatic imine (C=N–C) groups is 1. The molecule has 0 spiro atoms. The summed E-state index contributed by atoms with van der Waals surface area (Å²) in [6.07, 6.45) is 7.19. The minimum Gasteiger partial charge on any atom is -0.370 e. The Morgan fingerprint density at radius 3 is 3.12 bits per heavy atom. The molecule has 3 atom stereocenters. The molecular weight excluding hydrogens is 239 g/mol. The molecule has 4 heteroatoms. The van der Waals surface area contributed by atoms with E-state index in [1.54, 1.807) is 12.1 Å². The van der Waals surface area contributed by atoms with Crippen LogP contribution in [-0.4, -0.2) is 12.4 Å². The number of hydrogen-bond acceptors (Lipinski definition) is 2. The van der Waals surface area contributed by atoms with Crippen LogP contribution in [0.5, 0.6) is 0 Å². The molecule has 0 saturated heterocycles. The minimum absolute atomic E-state index is 0.179. The van der Waals surface area contributed by atoms with Crippen molar-refractivity contribution in [3.63, 3.8) is 0 Å². The Labute approximate surface area is 104 Å². The second kappa shape index (κ2) is 4.15. The Kier molecular flexibility index (Phi) is 2.63. The van der Waals surface area contributed by atoms with Gasteiger partial charge in [0.15, 0.2) is 0 Å². The number of fused-ring (bicyclic) bond motifs is 1. The van der Waals surface area contributed by atoms with E-state index in [0.29, 0.717) is 5.92 Å². The van der Waals surface area contributed by atoms with Crippen molar-refractivity contribution >= 4 is 17.8 Å². The van der Waals surface area contributed by atoms with Crippen LogP contribution < -0.4 is 5.32 Å². The van der Waals surface area contributed by atoms with Gasteiger partial charge in [-0.15, -0.1) is 0 Å². The lowest BCUT2D eigenvalue weighted by Gasteiger charge is -2.25. The Hall–Kier alpha value is -1.35. The maximum Gasteiger partial charge on any atom is 0.141 e. The van der Waals surface area contributed by atoms with E-state index in [1.807, 2.05) is 12.4 Å². The summed E-state index contributed by atoms with van der Waals surface area (Å²) < 4.78 is 13.1. The molecule has 1 aromatic rings. The average Bonchev–Trinajstić information content (AvgIpc) is 2.79. The van der Waals surface area contributed by atoms with Gasteiger partial charge in [0.1, 0.15) is 12.0 Å². The molecule has 1 N–H and O–H groups in total. The van der Waals surface area contributed by atoms with E-state index in [9.17, 15) is 4.39 Å². The molecule has 3 rings (SSSR count). The Bertz CT molecular complexity index is 498. The summed E-state index contributed by atoms with van der Waals surface area (Å²) in [5.74, 6) is 0.274. The predicted molar refractivity (Wildman–Crippen MR) is 66.8 cm³/mol. The van der Waals surface area contributed by atoms with Crippen molar-refractivity contribution < 1.29 is 4.39 Å². The summed E-state index contributed by atoms with van der Waals surface area (Å²) in [5, 5.41) is 3.37. The maximum atomic E-state index is 13.1. The number of nitrogens with one attached hydrogen (secondary N) is 1. The third kappa shape index (κ3) is 1.95. The lowest BCUT2D eigenvalue weighted by Crippen LogP contribution is -2.30. The molecule has 2 nitrogen and oxygen atoms in total. The first-order chi connectivity index (χ1) is 8.24. The molecule has 0 amide bonds. The molecule has 1 aromatic carbocycles. The summed E-state index contributed by atoms with van der Waals surface area (Å²) in [5.41, 5.74) is 1.03. The highest BCUT2D eigenvalue weighted by Crippen LogP contribution is 2.32. The lowest BCUT2D eigenvalue weighted by atomic mass is 9.86. The number of benzene rings is 1. The molecule has 2 heterocycles. The fourth-order valence-corrected chi connectivity index (χ4v) is 2.57. The van der Waals surface area contributed by atoms with E-state index >= 15 is 0 Å². The van der Waals surface area contributed by atoms with Gasteiger partial charge in [-0.2, -0.15) is 0 Å². The van der Waals surface area contributed by atoms with Gasteiger partial charge >= 0.3 is 0 Å². The molecule has 0 bridgehead atoms. The second-order valence-electron chi connectivity index (χ2n) is 4.45. The molecule has 0 radical (unpaired) electrons. The Morgan fingerprint density at radius 2 is 2.29 bits per heavy atom. The van der Waals surface area contributed by atoms with Crippen LogP contribution in [0.3, 0.4) is 0 Å². The van der Waals surface area contributed by atoms with Gasteiger partial charge in [0.2, 0.25) is 0 Å². The van der Waals surface area contributed by atoms with E-state index in [2.05, 4.69) is 16.4 Å². The van der Waals surface area contributed by atoms with E-state index < -0.39 is 0 Å². The molecule has 0 aromatic heterocycles. The highest BCUT2D eigenvalue weighted by atomic mass is 35.5. The molecule has 88 valence electrons. The first kappa shape index (κ1) is 10.8. The topological polar surface area (TPSA) is 24.4 Å². The van der Waals surface area contributed by atoms with Crippen LogP contribution in [-0.2, 0) is 0 Å². The highest BCUT2D eigenvalue weighted by molar-refractivity contribution is 6.30. The second-order valence-corrected chi connectivity index (χ2v) is 4.86. The summed E-state index contributed by atoms with van der Waals surface area (Å²) >= 11 is 5.80. The van der Waals surface area contributed by atoms with Gasteiger partial charge < -0.3 is 5.32 Å². The van der Waals surface area contributed by atoms with Crippen molar-refractivity contribution in [1.29, 1.82) is 0 Å². The zero-order chi connectivity index (χ0) is 11.8. The molecule has 1 unspecified atom stereocenters. The lowest BCUT2D eigenvalue weighted by molar-refractivity contribution is 0.441. The summed E-state index contributed by atoms with van der Waals surface area (Å²) in [6.45, 7) is 0. The van der Waals surface area contributed by atoms with Crippen molar-refractivity contribution in [3.8, 4) is 0 Å². The van der Waals surface area contributed by atoms with Crippen molar-refractivity contribution in [2.24, 2.45) is 10.9 Å². The molecule has 17 heavy (non-hydrogen) atoms.